The Morgan fingerprint density at radius 1 is 1.26 bits per heavy atom. The molecule has 1 aromatic carbocycles. The summed E-state index contributed by atoms with van der Waals surface area (Å²) in [6.07, 6.45) is 6.41. The van der Waals surface area contributed by atoms with Crippen molar-refractivity contribution in [2.45, 2.75) is 19.9 Å². The molecule has 0 amide bonds. The lowest BCUT2D eigenvalue weighted by Gasteiger charge is -1.99. The van der Waals surface area contributed by atoms with Crippen LogP contribution in [0.3, 0.4) is 0 Å². The van der Waals surface area contributed by atoms with Crippen LogP contribution >= 0.6 is 0 Å². The minimum absolute atomic E-state index is 0.473. The second-order valence-corrected chi connectivity index (χ2v) is 4.37. The molecule has 3 rings (SSSR count). The first-order chi connectivity index (χ1) is 9.38. The number of hydrogen-bond donors (Lipinski definition) is 0. The van der Waals surface area contributed by atoms with Gasteiger partial charge in [0.05, 0.1) is 5.69 Å². The second-order valence-electron chi connectivity index (χ2n) is 4.37. The van der Waals surface area contributed by atoms with E-state index in [1.165, 1.54) is 5.56 Å². The van der Waals surface area contributed by atoms with Crippen molar-refractivity contribution in [3.05, 3.63) is 53.5 Å². The molecule has 0 saturated carbocycles. The van der Waals surface area contributed by atoms with Crippen molar-refractivity contribution >= 4 is 6.21 Å². The molecule has 0 spiro atoms. The SMILES string of the molecule is C/C=C/C=NCc1nnc2c(n1)Cc1ccccc1-2. The van der Waals surface area contributed by atoms with Crippen molar-refractivity contribution in [3.63, 3.8) is 0 Å². The molecule has 19 heavy (non-hydrogen) atoms. The molecule has 1 aliphatic rings. The maximum absolute atomic E-state index is 4.55. The van der Waals surface area contributed by atoms with E-state index in [1.54, 1.807) is 6.21 Å². The molecule has 0 fully saturated rings. The maximum atomic E-state index is 4.55. The van der Waals surface area contributed by atoms with Crippen molar-refractivity contribution in [3.8, 4) is 11.3 Å². The van der Waals surface area contributed by atoms with Gasteiger partial charge in [-0.05, 0) is 18.6 Å². The molecule has 0 saturated heterocycles. The molecular weight excluding hydrogens is 236 g/mol. The number of allylic oxidation sites excluding steroid dienone is 2. The Balaban J connectivity index is 1.85. The van der Waals surface area contributed by atoms with E-state index in [2.05, 4.69) is 32.3 Å². The van der Waals surface area contributed by atoms with E-state index in [9.17, 15) is 0 Å². The van der Waals surface area contributed by atoms with E-state index in [4.69, 9.17) is 0 Å². The molecule has 1 aliphatic carbocycles. The van der Waals surface area contributed by atoms with Gasteiger partial charge in [0.1, 0.15) is 12.2 Å². The third-order valence-corrected chi connectivity index (χ3v) is 3.05. The van der Waals surface area contributed by atoms with E-state index in [0.29, 0.717) is 12.4 Å². The predicted octanol–water partition coefficient (Wildman–Crippen LogP) is 2.59. The van der Waals surface area contributed by atoms with Gasteiger partial charge in [-0.3, -0.25) is 4.99 Å². The van der Waals surface area contributed by atoms with E-state index in [1.807, 2.05) is 31.2 Å². The lowest BCUT2D eigenvalue weighted by Crippen LogP contribution is -2.01. The standard InChI is InChI=1S/C15H14N4/c1-2-3-8-16-10-14-17-13-9-11-6-4-5-7-12(11)15(13)19-18-14/h2-8H,9-10H2,1H3/b3-2+,16-8?. The van der Waals surface area contributed by atoms with Crippen LogP contribution in [0.25, 0.3) is 11.3 Å². The fraction of sp³-hybridized carbons (Fsp3) is 0.200. The van der Waals surface area contributed by atoms with Gasteiger partial charge in [-0.1, -0.05) is 30.3 Å². The summed E-state index contributed by atoms with van der Waals surface area (Å²) in [5.41, 5.74) is 4.35. The Hall–Kier alpha value is -2.36. The fourth-order valence-electron chi connectivity index (χ4n) is 2.16. The molecule has 0 aliphatic heterocycles. The highest BCUT2D eigenvalue weighted by molar-refractivity contribution is 5.71. The van der Waals surface area contributed by atoms with Crippen LogP contribution in [0.15, 0.2) is 41.4 Å². The summed E-state index contributed by atoms with van der Waals surface area (Å²) < 4.78 is 0. The van der Waals surface area contributed by atoms with E-state index in [-0.39, 0.29) is 0 Å². The highest BCUT2D eigenvalue weighted by Crippen LogP contribution is 2.32. The van der Waals surface area contributed by atoms with Crippen LogP contribution in [0.2, 0.25) is 0 Å². The minimum atomic E-state index is 0.473. The van der Waals surface area contributed by atoms with Crippen molar-refractivity contribution in [1.29, 1.82) is 0 Å². The predicted molar refractivity (Wildman–Crippen MR) is 75.1 cm³/mol. The third-order valence-electron chi connectivity index (χ3n) is 3.05. The lowest BCUT2D eigenvalue weighted by atomic mass is 10.1. The zero-order valence-electron chi connectivity index (χ0n) is 10.7. The average Bonchev–Trinajstić information content (AvgIpc) is 2.81. The first-order valence-corrected chi connectivity index (χ1v) is 6.30. The van der Waals surface area contributed by atoms with Crippen LogP contribution in [0.4, 0.5) is 0 Å². The zero-order chi connectivity index (χ0) is 13.1. The zero-order valence-corrected chi connectivity index (χ0v) is 10.7. The summed E-state index contributed by atoms with van der Waals surface area (Å²) in [7, 11) is 0. The Morgan fingerprint density at radius 2 is 2.16 bits per heavy atom. The topological polar surface area (TPSA) is 51.0 Å². The molecule has 1 aromatic heterocycles. The summed E-state index contributed by atoms with van der Waals surface area (Å²) >= 11 is 0. The van der Waals surface area contributed by atoms with Gasteiger partial charge in [-0.2, -0.15) is 0 Å². The summed E-state index contributed by atoms with van der Waals surface area (Å²) in [6.45, 7) is 2.43. The average molecular weight is 250 g/mol. The smallest absolute Gasteiger partial charge is 0.172 e. The number of hydrogen-bond acceptors (Lipinski definition) is 4. The molecule has 1 heterocycles. The number of nitrogens with zero attached hydrogens (tertiary/aromatic N) is 4. The van der Waals surface area contributed by atoms with Gasteiger partial charge < -0.3 is 0 Å². The number of aromatic nitrogens is 3. The Morgan fingerprint density at radius 3 is 3.05 bits per heavy atom. The molecule has 0 unspecified atom stereocenters. The van der Waals surface area contributed by atoms with Crippen LogP contribution in [0.1, 0.15) is 24.0 Å². The molecule has 4 heteroatoms. The summed E-state index contributed by atoms with van der Waals surface area (Å²) in [6, 6.07) is 8.25. The number of rotatable bonds is 3. The Labute approximate surface area is 112 Å². The van der Waals surface area contributed by atoms with E-state index in [0.717, 1.165) is 23.4 Å². The summed E-state index contributed by atoms with van der Waals surface area (Å²) in [4.78, 5) is 8.78. The van der Waals surface area contributed by atoms with Crippen molar-refractivity contribution in [2.75, 3.05) is 0 Å². The van der Waals surface area contributed by atoms with Gasteiger partial charge in [0.15, 0.2) is 5.82 Å². The van der Waals surface area contributed by atoms with Gasteiger partial charge in [-0.25, -0.2) is 4.98 Å². The van der Waals surface area contributed by atoms with Gasteiger partial charge >= 0.3 is 0 Å². The normalized spacial score (nSPS) is 13.1. The van der Waals surface area contributed by atoms with Gasteiger partial charge in [0.25, 0.3) is 0 Å². The number of benzene rings is 1. The number of aliphatic imine (C=N–C) groups is 1. The van der Waals surface area contributed by atoms with E-state index >= 15 is 0 Å². The molecule has 0 N–H and O–H groups in total. The van der Waals surface area contributed by atoms with Crippen LogP contribution in [0.5, 0.6) is 0 Å². The van der Waals surface area contributed by atoms with Crippen molar-refractivity contribution in [2.24, 2.45) is 4.99 Å². The Kier molecular flexibility index (Phi) is 3.14. The highest BCUT2D eigenvalue weighted by atomic mass is 15.2. The quantitative estimate of drug-likeness (QED) is 0.671. The highest BCUT2D eigenvalue weighted by Gasteiger charge is 2.21. The monoisotopic (exact) mass is 250 g/mol. The summed E-state index contributed by atoms with van der Waals surface area (Å²) in [5.74, 6) is 0.673. The van der Waals surface area contributed by atoms with Crippen molar-refractivity contribution < 1.29 is 0 Å². The molecule has 0 atom stereocenters. The molecule has 4 nitrogen and oxygen atoms in total. The third kappa shape index (κ3) is 2.29. The first kappa shape index (κ1) is 11.7. The van der Waals surface area contributed by atoms with Gasteiger partial charge in [0.2, 0.25) is 0 Å². The molecule has 94 valence electrons. The first-order valence-electron chi connectivity index (χ1n) is 6.30. The maximum Gasteiger partial charge on any atom is 0.172 e. The lowest BCUT2D eigenvalue weighted by molar-refractivity contribution is 0.819. The number of fused-ring (bicyclic) bond motifs is 3. The van der Waals surface area contributed by atoms with Gasteiger partial charge in [0, 0.05) is 18.2 Å². The largest absolute Gasteiger partial charge is 0.285 e. The minimum Gasteiger partial charge on any atom is -0.285 e. The Bertz CT molecular complexity index is 659. The second kappa shape index (κ2) is 5.10. The van der Waals surface area contributed by atoms with Crippen LogP contribution in [0, 0.1) is 0 Å². The van der Waals surface area contributed by atoms with Crippen LogP contribution in [-0.4, -0.2) is 21.4 Å². The van der Waals surface area contributed by atoms with Gasteiger partial charge in [-0.15, -0.1) is 10.2 Å². The molecule has 0 bridgehead atoms. The molecule has 2 aromatic rings. The fourth-order valence-corrected chi connectivity index (χ4v) is 2.16. The van der Waals surface area contributed by atoms with Crippen LogP contribution < -0.4 is 0 Å². The summed E-state index contributed by atoms with van der Waals surface area (Å²) in [5, 5.41) is 8.44. The van der Waals surface area contributed by atoms with E-state index < -0.39 is 0 Å². The molecular formula is C15H14N4. The molecule has 0 radical (unpaired) electrons. The van der Waals surface area contributed by atoms with Crippen LogP contribution in [-0.2, 0) is 13.0 Å². The van der Waals surface area contributed by atoms with Crippen molar-refractivity contribution in [1.82, 2.24) is 15.2 Å².